The Morgan fingerprint density at radius 2 is 1.81 bits per heavy atom. The van der Waals surface area contributed by atoms with E-state index >= 15 is 0 Å². The standard InChI is InChI=1S/C22H21N5O3S/c1-2-18-25-26-22(31-18)24-20(29)14-8-10-16(11-9-14)23-21(30)15-12-19(28)27(13-15)17-6-4-3-5-7-17/h3-11,15H,2,12-13H2,1H3,(H,23,30)(H,24,26,29). The van der Waals surface area contributed by atoms with Gasteiger partial charge in [-0.2, -0.15) is 0 Å². The molecule has 2 N–H and O–H groups in total. The van der Waals surface area contributed by atoms with E-state index in [9.17, 15) is 14.4 Å². The number of benzene rings is 2. The van der Waals surface area contributed by atoms with Gasteiger partial charge in [0.15, 0.2) is 0 Å². The molecule has 2 aromatic carbocycles. The minimum Gasteiger partial charge on any atom is -0.326 e. The molecule has 1 aliphatic rings. The van der Waals surface area contributed by atoms with Crippen molar-refractivity contribution in [2.75, 3.05) is 22.1 Å². The van der Waals surface area contributed by atoms with E-state index in [1.54, 1.807) is 29.2 Å². The van der Waals surface area contributed by atoms with Crippen molar-refractivity contribution < 1.29 is 14.4 Å². The Morgan fingerprint density at radius 3 is 2.48 bits per heavy atom. The lowest BCUT2D eigenvalue weighted by molar-refractivity contribution is -0.122. The molecule has 1 aromatic heterocycles. The average Bonchev–Trinajstić information content (AvgIpc) is 3.41. The van der Waals surface area contributed by atoms with Crippen molar-refractivity contribution in [3.8, 4) is 0 Å². The summed E-state index contributed by atoms with van der Waals surface area (Å²) in [6.45, 7) is 2.32. The summed E-state index contributed by atoms with van der Waals surface area (Å²) in [6.07, 6.45) is 0.931. The maximum absolute atomic E-state index is 12.6. The molecule has 1 fully saturated rings. The minimum atomic E-state index is -0.430. The van der Waals surface area contributed by atoms with Crippen molar-refractivity contribution in [1.29, 1.82) is 0 Å². The average molecular weight is 436 g/mol. The topological polar surface area (TPSA) is 104 Å². The second kappa shape index (κ2) is 9.05. The van der Waals surface area contributed by atoms with Crippen LogP contribution in [0.4, 0.5) is 16.5 Å². The molecule has 3 aromatic rings. The van der Waals surface area contributed by atoms with Gasteiger partial charge in [-0.05, 0) is 42.8 Å². The van der Waals surface area contributed by atoms with Gasteiger partial charge in [-0.3, -0.25) is 19.7 Å². The zero-order valence-electron chi connectivity index (χ0n) is 16.9. The molecule has 0 spiro atoms. The van der Waals surface area contributed by atoms with Crippen molar-refractivity contribution in [2.24, 2.45) is 5.92 Å². The molecule has 0 saturated carbocycles. The number of nitrogens with zero attached hydrogens (tertiary/aromatic N) is 3. The number of hydrogen-bond donors (Lipinski definition) is 2. The number of rotatable bonds is 6. The van der Waals surface area contributed by atoms with Crippen LogP contribution >= 0.6 is 11.3 Å². The van der Waals surface area contributed by atoms with E-state index in [0.29, 0.717) is 22.9 Å². The first-order valence-corrected chi connectivity index (χ1v) is 10.7. The van der Waals surface area contributed by atoms with Gasteiger partial charge in [0, 0.05) is 29.9 Å². The van der Waals surface area contributed by atoms with E-state index in [0.717, 1.165) is 17.1 Å². The Hall–Kier alpha value is -3.59. The van der Waals surface area contributed by atoms with Crippen molar-refractivity contribution in [3.63, 3.8) is 0 Å². The molecule has 2 heterocycles. The number of nitrogens with one attached hydrogen (secondary N) is 2. The predicted molar refractivity (Wildman–Crippen MR) is 119 cm³/mol. The van der Waals surface area contributed by atoms with Gasteiger partial charge < -0.3 is 10.2 Å². The molecule has 0 radical (unpaired) electrons. The van der Waals surface area contributed by atoms with Crippen molar-refractivity contribution in [3.05, 3.63) is 65.2 Å². The van der Waals surface area contributed by atoms with E-state index in [1.807, 2.05) is 37.3 Å². The van der Waals surface area contributed by atoms with Gasteiger partial charge in [-0.15, -0.1) is 10.2 Å². The maximum Gasteiger partial charge on any atom is 0.257 e. The van der Waals surface area contributed by atoms with Gasteiger partial charge in [0.25, 0.3) is 5.91 Å². The molecule has 0 bridgehead atoms. The lowest BCUT2D eigenvalue weighted by Gasteiger charge is -2.16. The fourth-order valence-corrected chi connectivity index (χ4v) is 3.98. The first-order chi connectivity index (χ1) is 15.0. The number of carbonyl (C=O) groups excluding carboxylic acids is 3. The Balaban J connectivity index is 1.35. The fraction of sp³-hybridized carbons (Fsp3) is 0.227. The fourth-order valence-electron chi connectivity index (χ4n) is 3.31. The summed E-state index contributed by atoms with van der Waals surface area (Å²) in [5.41, 5.74) is 1.80. The Kier molecular flexibility index (Phi) is 6.03. The summed E-state index contributed by atoms with van der Waals surface area (Å²) in [4.78, 5) is 39.0. The predicted octanol–water partition coefficient (Wildman–Crippen LogP) is 3.34. The summed E-state index contributed by atoms with van der Waals surface area (Å²) in [7, 11) is 0. The van der Waals surface area contributed by atoms with Crippen LogP contribution in [0.1, 0.15) is 28.7 Å². The van der Waals surface area contributed by atoms with Gasteiger partial charge >= 0.3 is 0 Å². The first-order valence-electron chi connectivity index (χ1n) is 9.93. The highest BCUT2D eigenvalue weighted by Crippen LogP contribution is 2.26. The molecule has 3 amide bonds. The molecule has 1 aliphatic heterocycles. The third kappa shape index (κ3) is 4.77. The van der Waals surface area contributed by atoms with Crippen molar-refractivity contribution in [1.82, 2.24) is 10.2 Å². The highest BCUT2D eigenvalue weighted by molar-refractivity contribution is 7.15. The third-order valence-corrected chi connectivity index (χ3v) is 5.95. The summed E-state index contributed by atoms with van der Waals surface area (Å²) in [5, 5.41) is 14.8. The largest absolute Gasteiger partial charge is 0.326 e. The number of hydrogen-bond acceptors (Lipinski definition) is 6. The zero-order valence-corrected chi connectivity index (χ0v) is 17.7. The van der Waals surface area contributed by atoms with Gasteiger partial charge in [0.2, 0.25) is 16.9 Å². The monoisotopic (exact) mass is 435 g/mol. The highest BCUT2D eigenvalue weighted by Gasteiger charge is 2.35. The molecule has 1 atom stereocenters. The molecule has 9 heteroatoms. The summed E-state index contributed by atoms with van der Waals surface area (Å²) in [5.74, 6) is -1.01. The summed E-state index contributed by atoms with van der Waals surface area (Å²) >= 11 is 1.34. The van der Waals surface area contributed by atoms with E-state index in [1.165, 1.54) is 11.3 Å². The molecule has 1 unspecified atom stereocenters. The van der Waals surface area contributed by atoms with Crippen LogP contribution in [0.2, 0.25) is 0 Å². The van der Waals surface area contributed by atoms with Crippen LogP contribution in [-0.4, -0.2) is 34.5 Å². The Labute approximate surface area is 183 Å². The van der Waals surface area contributed by atoms with E-state index in [-0.39, 0.29) is 24.1 Å². The second-order valence-corrected chi connectivity index (χ2v) is 8.18. The van der Waals surface area contributed by atoms with Gasteiger partial charge in [0.1, 0.15) is 5.01 Å². The van der Waals surface area contributed by atoms with Crippen LogP contribution in [0, 0.1) is 5.92 Å². The van der Waals surface area contributed by atoms with Crippen LogP contribution in [0.15, 0.2) is 54.6 Å². The molecule has 31 heavy (non-hydrogen) atoms. The quantitative estimate of drug-likeness (QED) is 0.618. The Bertz CT molecular complexity index is 1100. The molecule has 4 rings (SSSR count). The minimum absolute atomic E-state index is 0.0683. The number of carbonyl (C=O) groups is 3. The smallest absolute Gasteiger partial charge is 0.257 e. The van der Waals surface area contributed by atoms with E-state index in [4.69, 9.17) is 0 Å². The first kappa shape index (κ1) is 20.7. The second-order valence-electron chi connectivity index (χ2n) is 7.12. The normalized spacial score (nSPS) is 15.7. The third-order valence-electron chi connectivity index (χ3n) is 4.97. The van der Waals surface area contributed by atoms with E-state index in [2.05, 4.69) is 20.8 Å². The summed E-state index contributed by atoms with van der Waals surface area (Å²) < 4.78 is 0. The maximum atomic E-state index is 12.6. The van der Waals surface area contributed by atoms with Crippen LogP contribution < -0.4 is 15.5 Å². The van der Waals surface area contributed by atoms with Gasteiger partial charge in [-0.25, -0.2) is 0 Å². The lowest BCUT2D eigenvalue weighted by Crippen LogP contribution is -2.28. The lowest BCUT2D eigenvalue weighted by atomic mass is 10.1. The highest BCUT2D eigenvalue weighted by atomic mass is 32.1. The molecule has 0 aliphatic carbocycles. The molecule has 1 saturated heterocycles. The van der Waals surface area contributed by atoms with Gasteiger partial charge in [0.05, 0.1) is 5.92 Å². The van der Waals surface area contributed by atoms with Crippen LogP contribution in [0.3, 0.4) is 0 Å². The van der Waals surface area contributed by atoms with Crippen molar-refractivity contribution >= 4 is 45.6 Å². The van der Waals surface area contributed by atoms with Crippen LogP contribution in [0.5, 0.6) is 0 Å². The number of amides is 3. The molecular formula is C22H21N5O3S. The molecule has 158 valence electrons. The number of anilines is 3. The summed E-state index contributed by atoms with van der Waals surface area (Å²) in [6, 6.07) is 15.9. The molecule has 8 nitrogen and oxygen atoms in total. The Morgan fingerprint density at radius 1 is 1.06 bits per heavy atom. The number of aryl methyl sites for hydroxylation is 1. The SMILES string of the molecule is CCc1nnc(NC(=O)c2ccc(NC(=O)C3CC(=O)N(c4ccccc4)C3)cc2)s1. The number of para-hydroxylation sites is 1. The van der Waals surface area contributed by atoms with Gasteiger partial charge in [-0.1, -0.05) is 36.5 Å². The van der Waals surface area contributed by atoms with Crippen molar-refractivity contribution in [2.45, 2.75) is 19.8 Å². The zero-order chi connectivity index (χ0) is 21.8. The van der Waals surface area contributed by atoms with Crippen LogP contribution in [-0.2, 0) is 16.0 Å². The molecular weight excluding hydrogens is 414 g/mol. The van der Waals surface area contributed by atoms with Crippen LogP contribution in [0.25, 0.3) is 0 Å². The number of aromatic nitrogens is 2. The van der Waals surface area contributed by atoms with E-state index < -0.39 is 5.92 Å².